The lowest BCUT2D eigenvalue weighted by Gasteiger charge is -2.33. The maximum Gasteiger partial charge on any atom is 0.264 e. The molecule has 12 heteroatoms. The molecule has 0 aromatic heterocycles. The van der Waals surface area contributed by atoms with Gasteiger partial charge in [0.2, 0.25) is 11.8 Å². The van der Waals surface area contributed by atoms with Gasteiger partial charge in [-0.15, -0.1) is 0 Å². The molecule has 0 aliphatic rings. The molecule has 226 valence electrons. The van der Waals surface area contributed by atoms with Crippen LogP contribution in [0.3, 0.4) is 0 Å². The van der Waals surface area contributed by atoms with Crippen LogP contribution < -0.4 is 19.1 Å². The number of carbonyl (C=O) groups is 2. The van der Waals surface area contributed by atoms with E-state index in [-0.39, 0.29) is 28.9 Å². The van der Waals surface area contributed by atoms with Crippen molar-refractivity contribution >= 4 is 50.7 Å². The number of hydrogen-bond acceptors (Lipinski definition) is 6. The lowest BCUT2D eigenvalue weighted by molar-refractivity contribution is -0.139. The molecular weight excluding hydrogens is 601 g/mol. The standard InChI is InChI=1S/C30H35Cl2N3O6S/c1-6-20(2)33-30(37)21(3)34(18-24-25(31)13-10-14-26(24)32)29(36)19-35(42(38,39)23-11-8-7-9-12-23)27-17-22(40-4)15-16-28(27)41-5/h7-17,20-21H,6,18-19H2,1-5H3,(H,33,37)/t20-,21-/m1/s1. The van der Waals surface area contributed by atoms with E-state index in [4.69, 9.17) is 32.7 Å². The highest BCUT2D eigenvalue weighted by atomic mass is 35.5. The van der Waals surface area contributed by atoms with Gasteiger partial charge >= 0.3 is 0 Å². The Hall–Kier alpha value is -3.47. The van der Waals surface area contributed by atoms with Crippen LogP contribution in [0.2, 0.25) is 10.0 Å². The van der Waals surface area contributed by atoms with E-state index in [0.29, 0.717) is 27.8 Å². The lowest BCUT2D eigenvalue weighted by Crippen LogP contribution is -2.52. The number of ether oxygens (including phenoxy) is 2. The van der Waals surface area contributed by atoms with Crippen LogP contribution in [0.1, 0.15) is 32.8 Å². The minimum Gasteiger partial charge on any atom is -0.497 e. The number of methoxy groups -OCH3 is 2. The van der Waals surface area contributed by atoms with Gasteiger partial charge in [0, 0.05) is 34.3 Å². The van der Waals surface area contributed by atoms with Gasteiger partial charge in [0.25, 0.3) is 10.0 Å². The lowest BCUT2D eigenvalue weighted by atomic mass is 10.1. The smallest absolute Gasteiger partial charge is 0.264 e. The summed E-state index contributed by atoms with van der Waals surface area (Å²) in [5, 5.41) is 3.49. The number of anilines is 1. The van der Waals surface area contributed by atoms with Crippen molar-refractivity contribution in [3.8, 4) is 11.5 Å². The van der Waals surface area contributed by atoms with Crippen LogP contribution in [-0.2, 0) is 26.2 Å². The number of sulfonamides is 1. The van der Waals surface area contributed by atoms with E-state index in [9.17, 15) is 18.0 Å². The first-order chi connectivity index (χ1) is 19.9. The van der Waals surface area contributed by atoms with Gasteiger partial charge in [-0.05, 0) is 56.7 Å². The molecule has 1 N–H and O–H groups in total. The molecule has 0 bridgehead atoms. The van der Waals surface area contributed by atoms with E-state index in [1.165, 1.54) is 37.3 Å². The van der Waals surface area contributed by atoms with Crippen molar-refractivity contribution in [1.82, 2.24) is 10.2 Å². The Bertz CT molecular complexity index is 1480. The first-order valence-corrected chi connectivity index (χ1v) is 15.5. The van der Waals surface area contributed by atoms with Crippen LogP contribution in [0.4, 0.5) is 5.69 Å². The van der Waals surface area contributed by atoms with Gasteiger partial charge in [0.15, 0.2) is 0 Å². The van der Waals surface area contributed by atoms with Crippen molar-refractivity contribution < 1.29 is 27.5 Å². The highest BCUT2D eigenvalue weighted by Crippen LogP contribution is 2.36. The maximum atomic E-state index is 14.2. The number of rotatable bonds is 13. The highest BCUT2D eigenvalue weighted by Gasteiger charge is 2.34. The molecule has 42 heavy (non-hydrogen) atoms. The van der Waals surface area contributed by atoms with Crippen LogP contribution in [0, 0.1) is 0 Å². The molecular formula is C30H35Cl2N3O6S. The van der Waals surface area contributed by atoms with Gasteiger partial charge < -0.3 is 19.7 Å². The maximum absolute atomic E-state index is 14.2. The second-order valence-electron chi connectivity index (χ2n) is 9.58. The van der Waals surface area contributed by atoms with E-state index in [1.807, 2.05) is 13.8 Å². The topological polar surface area (TPSA) is 105 Å². The van der Waals surface area contributed by atoms with Crippen LogP contribution >= 0.6 is 23.2 Å². The Labute approximate surface area is 257 Å². The molecule has 0 radical (unpaired) electrons. The number of carbonyl (C=O) groups excluding carboxylic acids is 2. The molecule has 0 spiro atoms. The predicted molar refractivity (Wildman–Crippen MR) is 165 cm³/mol. The molecule has 3 aromatic carbocycles. The molecule has 2 amide bonds. The molecule has 3 aromatic rings. The first kappa shape index (κ1) is 33.0. The van der Waals surface area contributed by atoms with E-state index in [2.05, 4.69) is 5.32 Å². The molecule has 0 saturated heterocycles. The molecule has 2 atom stereocenters. The third-order valence-electron chi connectivity index (χ3n) is 6.82. The summed E-state index contributed by atoms with van der Waals surface area (Å²) in [6, 6.07) is 16.2. The van der Waals surface area contributed by atoms with Crippen LogP contribution in [0.15, 0.2) is 71.6 Å². The van der Waals surface area contributed by atoms with Crippen molar-refractivity contribution in [3.05, 3.63) is 82.3 Å². The Balaban J connectivity index is 2.14. The first-order valence-electron chi connectivity index (χ1n) is 13.3. The van der Waals surface area contributed by atoms with Crippen molar-refractivity contribution in [1.29, 1.82) is 0 Å². The number of halogens is 2. The molecule has 0 aliphatic carbocycles. The molecule has 0 heterocycles. The van der Waals surface area contributed by atoms with Gasteiger partial charge in [-0.25, -0.2) is 8.42 Å². The zero-order chi connectivity index (χ0) is 31.0. The Morgan fingerprint density at radius 2 is 1.57 bits per heavy atom. The van der Waals surface area contributed by atoms with Crippen molar-refractivity contribution in [3.63, 3.8) is 0 Å². The van der Waals surface area contributed by atoms with Gasteiger partial charge in [0.05, 0.1) is 24.8 Å². The third kappa shape index (κ3) is 7.67. The molecule has 9 nitrogen and oxygen atoms in total. The fourth-order valence-electron chi connectivity index (χ4n) is 4.13. The average molecular weight is 637 g/mol. The summed E-state index contributed by atoms with van der Waals surface area (Å²) >= 11 is 12.9. The quantitative estimate of drug-likeness (QED) is 0.264. The Morgan fingerprint density at radius 1 is 0.929 bits per heavy atom. The second-order valence-corrected chi connectivity index (χ2v) is 12.3. The Morgan fingerprint density at radius 3 is 2.14 bits per heavy atom. The number of nitrogens with zero attached hydrogens (tertiary/aromatic N) is 2. The van der Waals surface area contributed by atoms with Crippen molar-refractivity contribution in [2.45, 2.75) is 50.7 Å². The number of hydrogen-bond donors (Lipinski definition) is 1. The van der Waals surface area contributed by atoms with Gasteiger partial charge in [-0.1, -0.05) is 54.4 Å². The molecule has 3 rings (SSSR count). The summed E-state index contributed by atoms with van der Waals surface area (Å²) < 4.78 is 39.9. The van der Waals surface area contributed by atoms with E-state index in [0.717, 1.165) is 4.31 Å². The molecule has 0 unspecified atom stereocenters. The van der Waals surface area contributed by atoms with E-state index in [1.54, 1.807) is 55.5 Å². The summed E-state index contributed by atoms with van der Waals surface area (Å²) in [7, 11) is -1.46. The fourth-order valence-corrected chi connectivity index (χ4v) is 6.08. The zero-order valence-corrected chi connectivity index (χ0v) is 26.5. The third-order valence-corrected chi connectivity index (χ3v) is 9.31. The SMILES string of the molecule is CC[C@@H](C)NC(=O)[C@@H](C)N(Cc1c(Cl)cccc1Cl)C(=O)CN(c1cc(OC)ccc1OC)S(=O)(=O)c1ccccc1. The average Bonchev–Trinajstić information content (AvgIpc) is 2.99. The minimum absolute atomic E-state index is 0.0362. The summed E-state index contributed by atoms with van der Waals surface area (Å²) in [5.41, 5.74) is 0.510. The molecule has 0 fully saturated rings. The predicted octanol–water partition coefficient (Wildman–Crippen LogP) is 5.54. The summed E-state index contributed by atoms with van der Waals surface area (Å²) in [4.78, 5) is 28.6. The number of benzene rings is 3. The fraction of sp³-hybridized carbons (Fsp3) is 0.333. The van der Waals surface area contributed by atoms with Crippen molar-refractivity contribution in [2.24, 2.45) is 0 Å². The Kier molecular flexibility index (Phi) is 11.5. The van der Waals surface area contributed by atoms with E-state index < -0.39 is 34.4 Å². The normalized spacial score (nSPS) is 12.6. The monoisotopic (exact) mass is 635 g/mol. The minimum atomic E-state index is -4.30. The van der Waals surface area contributed by atoms with Crippen LogP contribution in [-0.4, -0.2) is 58.0 Å². The van der Waals surface area contributed by atoms with Crippen LogP contribution in [0.25, 0.3) is 0 Å². The van der Waals surface area contributed by atoms with Gasteiger partial charge in [-0.3, -0.25) is 13.9 Å². The summed E-state index contributed by atoms with van der Waals surface area (Å²) in [5.74, 6) is -0.515. The number of amides is 2. The van der Waals surface area contributed by atoms with E-state index >= 15 is 0 Å². The molecule has 0 aliphatic heterocycles. The van der Waals surface area contributed by atoms with Crippen molar-refractivity contribution in [2.75, 3.05) is 25.1 Å². The summed E-state index contributed by atoms with van der Waals surface area (Å²) in [6.07, 6.45) is 0.682. The molecule has 0 saturated carbocycles. The van der Waals surface area contributed by atoms with Crippen LogP contribution in [0.5, 0.6) is 11.5 Å². The largest absolute Gasteiger partial charge is 0.497 e. The second kappa shape index (κ2) is 14.6. The number of nitrogens with one attached hydrogen (secondary N) is 1. The highest BCUT2D eigenvalue weighted by molar-refractivity contribution is 7.92. The summed E-state index contributed by atoms with van der Waals surface area (Å²) in [6.45, 7) is 4.55. The van der Waals surface area contributed by atoms with Gasteiger partial charge in [-0.2, -0.15) is 0 Å². The van der Waals surface area contributed by atoms with Gasteiger partial charge in [0.1, 0.15) is 24.1 Å². The zero-order valence-electron chi connectivity index (χ0n) is 24.1.